The van der Waals surface area contributed by atoms with Crippen molar-refractivity contribution >= 4 is 16.7 Å². The molecule has 23 heavy (non-hydrogen) atoms. The first-order valence-electron chi connectivity index (χ1n) is 7.96. The lowest BCUT2D eigenvalue weighted by Crippen LogP contribution is -2.32. The third-order valence-electron chi connectivity index (χ3n) is 4.56. The molecule has 0 aliphatic carbocycles. The molecule has 4 nitrogen and oxygen atoms in total. The van der Waals surface area contributed by atoms with Gasteiger partial charge in [-0.1, -0.05) is 43.3 Å². The predicted octanol–water partition coefficient (Wildman–Crippen LogP) is 3.59. The normalized spacial score (nSPS) is 20.2. The van der Waals surface area contributed by atoms with Crippen molar-refractivity contribution < 1.29 is 0 Å². The summed E-state index contributed by atoms with van der Waals surface area (Å²) in [5.41, 5.74) is 4.82. The SMILES string of the molecule is CCC1(C)Cc2ccccc2C(c2nnc3ccccc3n2)=N1. The summed E-state index contributed by atoms with van der Waals surface area (Å²) in [6, 6.07) is 16.2. The van der Waals surface area contributed by atoms with E-state index in [9.17, 15) is 0 Å². The van der Waals surface area contributed by atoms with Gasteiger partial charge in [0.05, 0.1) is 11.1 Å². The summed E-state index contributed by atoms with van der Waals surface area (Å²) < 4.78 is 0. The average Bonchev–Trinajstić information content (AvgIpc) is 2.60. The summed E-state index contributed by atoms with van der Waals surface area (Å²) in [6.07, 6.45) is 1.93. The molecule has 1 unspecified atom stereocenters. The molecule has 1 atom stereocenters. The Morgan fingerprint density at radius 3 is 2.52 bits per heavy atom. The smallest absolute Gasteiger partial charge is 0.201 e. The molecule has 0 radical (unpaired) electrons. The number of hydrogen-bond acceptors (Lipinski definition) is 4. The molecule has 4 heteroatoms. The molecule has 2 heterocycles. The van der Waals surface area contributed by atoms with Gasteiger partial charge in [-0.25, -0.2) is 4.98 Å². The van der Waals surface area contributed by atoms with Crippen molar-refractivity contribution in [3.63, 3.8) is 0 Å². The summed E-state index contributed by atoms with van der Waals surface area (Å²) in [5, 5.41) is 8.65. The van der Waals surface area contributed by atoms with Gasteiger partial charge in [-0.2, -0.15) is 0 Å². The van der Waals surface area contributed by atoms with Crippen molar-refractivity contribution in [3.8, 4) is 0 Å². The summed E-state index contributed by atoms with van der Waals surface area (Å²) in [5.74, 6) is 0.607. The van der Waals surface area contributed by atoms with Crippen LogP contribution >= 0.6 is 0 Å². The molecular weight excluding hydrogens is 284 g/mol. The van der Waals surface area contributed by atoms with E-state index in [0.29, 0.717) is 5.82 Å². The van der Waals surface area contributed by atoms with Crippen LogP contribution in [-0.2, 0) is 6.42 Å². The number of aromatic nitrogens is 3. The zero-order valence-corrected chi connectivity index (χ0v) is 13.3. The number of hydrogen-bond donors (Lipinski definition) is 0. The average molecular weight is 302 g/mol. The summed E-state index contributed by atoms with van der Waals surface area (Å²) in [4.78, 5) is 9.70. The van der Waals surface area contributed by atoms with Crippen LogP contribution in [0.5, 0.6) is 0 Å². The van der Waals surface area contributed by atoms with Gasteiger partial charge in [0.2, 0.25) is 5.82 Å². The molecule has 0 fully saturated rings. The minimum absolute atomic E-state index is 0.112. The first-order valence-corrected chi connectivity index (χ1v) is 7.96. The van der Waals surface area contributed by atoms with Gasteiger partial charge in [-0.15, -0.1) is 10.2 Å². The van der Waals surface area contributed by atoms with Crippen LogP contribution in [-0.4, -0.2) is 26.4 Å². The Balaban J connectivity index is 1.93. The van der Waals surface area contributed by atoms with Crippen LogP contribution in [0.3, 0.4) is 0 Å². The molecule has 0 spiro atoms. The van der Waals surface area contributed by atoms with Crippen molar-refractivity contribution in [1.29, 1.82) is 0 Å². The van der Waals surface area contributed by atoms with Crippen molar-refractivity contribution in [2.45, 2.75) is 32.2 Å². The van der Waals surface area contributed by atoms with Gasteiger partial charge in [0.15, 0.2) is 0 Å². The first kappa shape index (κ1) is 14.0. The fourth-order valence-corrected chi connectivity index (χ4v) is 3.04. The standard InChI is InChI=1S/C19H18N4/c1-3-19(2)12-13-8-4-5-9-14(13)17(21-19)18-20-15-10-6-7-11-16(15)22-23-18/h4-11H,3,12H2,1-2H3. The van der Waals surface area contributed by atoms with Gasteiger partial charge in [0, 0.05) is 5.56 Å². The highest BCUT2D eigenvalue weighted by Gasteiger charge is 2.30. The van der Waals surface area contributed by atoms with Crippen LogP contribution in [0, 0.1) is 0 Å². The maximum absolute atomic E-state index is 5.00. The van der Waals surface area contributed by atoms with Crippen molar-refractivity contribution in [2.75, 3.05) is 0 Å². The molecule has 2 aromatic carbocycles. The number of para-hydroxylation sites is 1. The van der Waals surface area contributed by atoms with Gasteiger partial charge < -0.3 is 0 Å². The Bertz CT molecular complexity index is 916. The maximum atomic E-state index is 5.00. The van der Waals surface area contributed by atoms with Gasteiger partial charge in [-0.05, 0) is 37.5 Å². The van der Waals surface area contributed by atoms with E-state index in [4.69, 9.17) is 9.98 Å². The molecule has 1 aromatic heterocycles. The highest BCUT2D eigenvalue weighted by atomic mass is 15.2. The summed E-state index contributed by atoms with van der Waals surface area (Å²) in [6.45, 7) is 4.37. The Kier molecular flexibility index (Phi) is 3.18. The van der Waals surface area contributed by atoms with Gasteiger partial charge in [0.25, 0.3) is 0 Å². The van der Waals surface area contributed by atoms with E-state index < -0.39 is 0 Å². The van der Waals surface area contributed by atoms with E-state index in [1.807, 2.05) is 30.3 Å². The van der Waals surface area contributed by atoms with E-state index in [0.717, 1.165) is 35.2 Å². The minimum Gasteiger partial charge on any atom is -0.274 e. The molecular formula is C19H18N4. The van der Waals surface area contributed by atoms with Gasteiger partial charge >= 0.3 is 0 Å². The lowest BCUT2D eigenvalue weighted by Gasteiger charge is -2.30. The second-order valence-corrected chi connectivity index (χ2v) is 6.27. The van der Waals surface area contributed by atoms with Crippen LogP contribution in [0.2, 0.25) is 0 Å². The van der Waals surface area contributed by atoms with Gasteiger partial charge in [-0.3, -0.25) is 4.99 Å². The van der Waals surface area contributed by atoms with Gasteiger partial charge in [0.1, 0.15) is 11.2 Å². The van der Waals surface area contributed by atoms with Crippen LogP contribution in [0.25, 0.3) is 11.0 Å². The molecule has 4 rings (SSSR count). The molecule has 1 aliphatic rings. The molecule has 0 saturated heterocycles. The highest BCUT2D eigenvalue weighted by molar-refractivity contribution is 6.12. The third kappa shape index (κ3) is 2.40. The van der Waals surface area contributed by atoms with E-state index in [2.05, 4.69) is 42.2 Å². The molecule has 1 aliphatic heterocycles. The minimum atomic E-state index is -0.112. The van der Waals surface area contributed by atoms with Crippen LogP contribution < -0.4 is 0 Å². The number of aliphatic imine (C=N–C) groups is 1. The zero-order valence-electron chi connectivity index (χ0n) is 13.3. The lowest BCUT2D eigenvalue weighted by molar-refractivity contribution is 0.447. The largest absolute Gasteiger partial charge is 0.274 e. The Morgan fingerprint density at radius 2 is 1.70 bits per heavy atom. The van der Waals surface area contributed by atoms with Crippen molar-refractivity contribution in [3.05, 3.63) is 65.5 Å². The lowest BCUT2D eigenvalue weighted by atomic mass is 9.84. The second-order valence-electron chi connectivity index (χ2n) is 6.27. The predicted molar refractivity (Wildman–Crippen MR) is 91.8 cm³/mol. The van der Waals surface area contributed by atoms with Crippen LogP contribution in [0.15, 0.2) is 53.5 Å². The Hall–Kier alpha value is -2.62. The van der Waals surface area contributed by atoms with E-state index in [1.54, 1.807) is 0 Å². The van der Waals surface area contributed by atoms with E-state index in [-0.39, 0.29) is 5.54 Å². The Morgan fingerprint density at radius 1 is 0.957 bits per heavy atom. The zero-order chi connectivity index (χ0) is 15.9. The fourth-order valence-electron chi connectivity index (χ4n) is 3.04. The Labute approximate surface area is 135 Å². The van der Waals surface area contributed by atoms with E-state index >= 15 is 0 Å². The molecule has 0 bridgehead atoms. The third-order valence-corrected chi connectivity index (χ3v) is 4.56. The molecule has 0 saturated carbocycles. The van der Waals surface area contributed by atoms with Crippen molar-refractivity contribution in [2.24, 2.45) is 4.99 Å². The highest BCUT2D eigenvalue weighted by Crippen LogP contribution is 2.31. The fraction of sp³-hybridized carbons (Fsp3) is 0.263. The molecule has 0 N–H and O–H groups in total. The summed E-state index contributed by atoms with van der Waals surface area (Å²) in [7, 11) is 0. The molecule has 114 valence electrons. The van der Waals surface area contributed by atoms with Crippen molar-refractivity contribution in [1.82, 2.24) is 15.2 Å². The maximum Gasteiger partial charge on any atom is 0.201 e. The summed E-state index contributed by atoms with van der Waals surface area (Å²) >= 11 is 0. The van der Waals surface area contributed by atoms with Crippen LogP contribution in [0.4, 0.5) is 0 Å². The molecule has 0 amide bonds. The number of benzene rings is 2. The number of nitrogens with zero attached hydrogens (tertiary/aromatic N) is 4. The van der Waals surface area contributed by atoms with E-state index in [1.165, 1.54) is 5.56 Å². The number of fused-ring (bicyclic) bond motifs is 2. The topological polar surface area (TPSA) is 51.0 Å². The quantitative estimate of drug-likeness (QED) is 0.727. The number of rotatable bonds is 2. The first-order chi connectivity index (χ1) is 11.2. The second kappa shape index (κ2) is 5.23. The monoisotopic (exact) mass is 302 g/mol. The molecule has 3 aromatic rings. The van der Waals surface area contributed by atoms with Crippen LogP contribution in [0.1, 0.15) is 37.2 Å².